The van der Waals surface area contributed by atoms with Crippen LogP contribution in [0.25, 0.3) is 0 Å². The minimum Gasteiger partial charge on any atom is -0.343 e. The number of rotatable bonds is 7. The molecule has 0 saturated carbocycles. The third-order valence-electron chi connectivity index (χ3n) is 6.85. The fourth-order valence-electron chi connectivity index (χ4n) is 4.87. The van der Waals surface area contributed by atoms with Crippen molar-refractivity contribution in [1.82, 2.24) is 9.21 Å². The third kappa shape index (κ3) is 6.04. The molecule has 1 aromatic carbocycles. The first kappa shape index (κ1) is 25.0. The van der Waals surface area contributed by atoms with E-state index in [-0.39, 0.29) is 10.8 Å². The number of sulfonamides is 1. The van der Waals surface area contributed by atoms with Crippen LogP contribution >= 0.6 is 0 Å². The number of unbranched alkanes of at least 4 members (excludes halogenated alkanes) is 2. The van der Waals surface area contributed by atoms with E-state index in [2.05, 4.69) is 6.92 Å². The molecule has 180 valence electrons. The van der Waals surface area contributed by atoms with Gasteiger partial charge in [0, 0.05) is 32.6 Å². The molecule has 3 rings (SSSR count). The second kappa shape index (κ2) is 10.5. The van der Waals surface area contributed by atoms with Crippen LogP contribution in [0.1, 0.15) is 63.9 Å². The van der Waals surface area contributed by atoms with Gasteiger partial charge >= 0.3 is 6.18 Å². The van der Waals surface area contributed by atoms with Crippen LogP contribution in [0.5, 0.6) is 0 Å². The van der Waals surface area contributed by atoms with Crippen molar-refractivity contribution in [3.05, 3.63) is 29.8 Å². The number of likely N-dealkylation sites (tertiary alicyclic amines) is 1. The lowest BCUT2D eigenvalue weighted by Gasteiger charge is -2.40. The van der Waals surface area contributed by atoms with Crippen LogP contribution < -0.4 is 0 Å². The van der Waals surface area contributed by atoms with Gasteiger partial charge in [0.2, 0.25) is 15.9 Å². The highest BCUT2D eigenvalue weighted by Gasteiger charge is 2.36. The van der Waals surface area contributed by atoms with Gasteiger partial charge < -0.3 is 4.90 Å². The lowest BCUT2D eigenvalue weighted by molar-refractivity contribution is -0.137. The molecule has 0 aromatic heterocycles. The lowest BCUT2D eigenvalue weighted by Crippen LogP contribution is -2.44. The molecular formula is C23H33F3N2O3S. The SMILES string of the molecule is CCCCCC(=O)N1CCC(C2CCN(S(=O)(=O)c3cccc(C(F)(F)F)c3)CC2)CC1. The van der Waals surface area contributed by atoms with Gasteiger partial charge in [0.25, 0.3) is 0 Å². The van der Waals surface area contributed by atoms with Crippen LogP contribution in [0.15, 0.2) is 29.2 Å². The number of nitrogens with zero attached hydrogens (tertiary/aromatic N) is 2. The first-order valence-corrected chi connectivity index (χ1v) is 13.0. The topological polar surface area (TPSA) is 57.7 Å². The summed E-state index contributed by atoms with van der Waals surface area (Å²) < 4.78 is 66.0. The molecule has 5 nitrogen and oxygen atoms in total. The van der Waals surface area contributed by atoms with E-state index in [0.717, 1.165) is 57.3 Å². The molecule has 9 heteroatoms. The number of amides is 1. The summed E-state index contributed by atoms with van der Waals surface area (Å²) in [6, 6.07) is 3.96. The fraction of sp³-hybridized carbons (Fsp3) is 0.696. The molecule has 0 unspecified atom stereocenters. The minimum absolute atomic E-state index is 0.235. The van der Waals surface area contributed by atoms with E-state index < -0.39 is 21.8 Å². The molecule has 2 aliphatic rings. The number of hydrogen-bond acceptors (Lipinski definition) is 3. The van der Waals surface area contributed by atoms with E-state index in [9.17, 15) is 26.4 Å². The Morgan fingerprint density at radius 1 is 1.00 bits per heavy atom. The van der Waals surface area contributed by atoms with E-state index in [1.54, 1.807) is 0 Å². The van der Waals surface area contributed by atoms with E-state index >= 15 is 0 Å². The average molecular weight is 475 g/mol. The van der Waals surface area contributed by atoms with Gasteiger partial charge in [0.1, 0.15) is 0 Å². The number of carbonyl (C=O) groups is 1. The highest BCUT2D eigenvalue weighted by molar-refractivity contribution is 7.89. The molecule has 1 amide bonds. The monoisotopic (exact) mass is 474 g/mol. The number of alkyl halides is 3. The molecule has 0 spiro atoms. The largest absolute Gasteiger partial charge is 0.416 e. The van der Waals surface area contributed by atoms with E-state index in [4.69, 9.17) is 0 Å². The van der Waals surface area contributed by atoms with Crippen LogP contribution in [0.3, 0.4) is 0 Å². The van der Waals surface area contributed by atoms with Gasteiger partial charge in [0.05, 0.1) is 10.5 Å². The molecule has 2 saturated heterocycles. The van der Waals surface area contributed by atoms with Crippen LogP contribution in [0.4, 0.5) is 13.2 Å². The van der Waals surface area contributed by atoms with Gasteiger partial charge in [-0.05, 0) is 62.1 Å². The maximum atomic E-state index is 13.0. The zero-order valence-electron chi connectivity index (χ0n) is 18.6. The van der Waals surface area contributed by atoms with Gasteiger partial charge in [-0.1, -0.05) is 25.8 Å². The summed E-state index contributed by atoms with van der Waals surface area (Å²) >= 11 is 0. The Balaban J connectivity index is 1.52. The summed E-state index contributed by atoms with van der Waals surface area (Å²) in [6.07, 6.45) is 2.42. The Hall–Kier alpha value is -1.61. The van der Waals surface area contributed by atoms with E-state index in [0.29, 0.717) is 50.3 Å². The molecule has 0 atom stereocenters. The molecular weight excluding hydrogens is 441 g/mol. The van der Waals surface area contributed by atoms with E-state index in [1.165, 1.54) is 10.4 Å². The Morgan fingerprint density at radius 2 is 1.59 bits per heavy atom. The molecule has 1 aromatic rings. The summed E-state index contributed by atoms with van der Waals surface area (Å²) in [5, 5.41) is 0. The summed E-state index contributed by atoms with van der Waals surface area (Å²) in [5.74, 6) is 1.09. The number of benzene rings is 1. The van der Waals surface area contributed by atoms with Crippen molar-refractivity contribution < 1.29 is 26.4 Å². The highest BCUT2D eigenvalue weighted by Crippen LogP contribution is 2.35. The summed E-state index contributed by atoms with van der Waals surface area (Å²) in [7, 11) is -3.95. The minimum atomic E-state index is -4.58. The molecule has 0 N–H and O–H groups in total. The van der Waals surface area contributed by atoms with Crippen LogP contribution in [-0.4, -0.2) is 49.7 Å². The standard InChI is InChI=1S/C23H33F3N2O3S/c1-2-3-4-8-22(29)27-13-9-18(10-14-27)19-11-15-28(16-12-19)32(30,31)21-7-5-6-20(17-21)23(24,25)26/h5-7,17-19H,2-4,8-16H2,1H3. The molecule has 0 radical (unpaired) electrons. The van der Waals surface area contributed by atoms with Gasteiger partial charge in [-0.25, -0.2) is 8.42 Å². The Bertz CT molecular complexity index is 873. The van der Waals surface area contributed by atoms with Gasteiger partial charge in [-0.2, -0.15) is 17.5 Å². The average Bonchev–Trinajstić information content (AvgIpc) is 2.79. The predicted octanol–water partition coefficient (Wildman–Crippen LogP) is 4.93. The van der Waals surface area contributed by atoms with Gasteiger partial charge in [0.15, 0.2) is 0 Å². The molecule has 0 bridgehead atoms. The highest BCUT2D eigenvalue weighted by atomic mass is 32.2. The van der Waals surface area contributed by atoms with Crippen molar-refractivity contribution in [1.29, 1.82) is 0 Å². The smallest absolute Gasteiger partial charge is 0.343 e. The van der Waals surface area contributed by atoms with Crippen molar-refractivity contribution >= 4 is 15.9 Å². The zero-order valence-corrected chi connectivity index (χ0v) is 19.4. The molecule has 0 aliphatic carbocycles. The Labute approximate surface area is 189 Å². The van der Waals surface area contributed by atoms with Crippen molar-refractivity contribution in [3.63, 3.8) is 0 Å². The van der Waals surface area contributed by atoms with Crippen LogP contribution in [-0.2, 0) is 21.0 Å². The fourth-order valence-corrected chi connectivity index (χ4v) is 6.39. The van der Waals surface area contributed by atoms with Crippen molar-refractivity contribution in [3.8, 4) is 0 Å². The number of carbonyl (C=O) groups excluding carboxylic acids is 1. The third-order valence-corrected chi connectivity index (χ3v) is 8.75. The quantitative estimate of drug-likeness (QED) is 0.527. The zero-order chi connectivity index (χ0) is 23.4. The maximum absolute atomic E-state index is 13.0. The van der Waals surface area contributed by atoms with Gasteiger partial charge in [-0.3, -0.25) is 4.79 Å². The van der Waals surface area contributed by atoms with Crippen LogP contribution in [0, 0.1) is 11.8 Å². The predicted molar refractivity (Wildman–Crippen MR) is 116 cm³/mol. The lowest BCUT2D eigenvalue weighted by atomic mass is 9.79. The summed E-state index contributed by atoms with van der Waals surface area (Å²) in [6.45, 7) is 4.28. The molecule has 32 heavy (non-hydrogen) atoms. The van der Waals surface area contributed by atoms with Crippen molar-refractivity contribution in [2.45, 2.75) is 69.4 Å². The van der Waals surface area contributed by atoms with Crippen molar-refractivity contribution in [2.75, 3.05) is 26.2 Å². The number of piperidine rings is 2. The first-order chi connectivity index (χ1) is 15.1. The summed E-state index contributed by atoms with van der Waals surface area (Å²) in [4.78, 5) is 14.0. The van der Waals surface area contributed by atoms with Crippen LogP contribution in [0.2, 0.25) is 0 Å². The molecule has 2 fully saturated rings. The second-order valence-electron chi connectivity index (χ2n) is 8.94. The number of halogens is 3. The van der Waals surface area contributed by atoms with Gasteiger partial charge in [-0.15, -0.1) is 0 Å². The second-order valence-corrected chi connectivity index (χ2v) is 10.9. The normalized spacial score (nSPS) is 19.9. The Kier molecular flexibility index (Phi) is 8.25. The van der Waals surface area contributed by atoms with E-state index in [1.807, 2.05) is 4.90 Å². The molecule has 2 heterocycles. The molecule has 2 aliphatic heterocycles. The summed E-state index contributed by atoms with van der Waals surface area (Å²) in [5.41, 5.74) is -0.954. The Morgan fingerprint density at radius 3 is 2.16 bits per heavy atom. The van der Waals surface area contributed by atoms with Crippen molar-refractivity contribution in [2.24, 2.45) is 11.8 Å². The maximum Gasteiger partial charge on any atom is 0.416 e. The number of hydrogen-bond donors (Lipinski definition) is 0. The first-order valence-electron chi connectivity index (χ1n) is 11.6.